The second-order valence-corrected chi connectivity index (χ2v) is 3.74. The van der Waals surface area contributed by atoms with E-state index in [0.717, 1.165) is 5.39 Å². The third-order valence-electron chi connectivity index (χ3n) is 2.65. The van der Waals surface area contributed by atoms with Crippen LogP contribution in [0.2, 0.25) is 0 Å². The number of benzene rings is 1. The molecule has 4 heteroatoms. The molecule has 18 heavy (non-hydrogen) atoms. The molecule has 0 saturated carbocycles. The normalized spacial score (nSPS) is 10.7. The molecule has 0 atom stereocenters. The maximum absolute atomic E-state index is 12.1. The molecule has 4 nitrogen and oxygen atoms in total. The molecule has 0 aliphatic carbocycles. The summed E-state index contributed by atoms with van der Waals surface area (Å²) >= 11 is 0. The van der Waals surface area contributed by atoms with Gasteiger partial charge in [0, 0.05) is 5.39 Å². The van der Waals surface area contributed by atoms with E-state index in [1.165, 1.54) is 12.3 Å². The van der Waals surface area contributed by atoms with Gasteiger partial charge in [-0.05, 0) is 18.2 Å². The molecule has 3 aromatic rings. The van der Waals surface area contributed by atoms with Crippen molar-refractivity contribution in [1.29, 1.82) is 0 Å². The largest absolute Gasteiger partial charge is 0.460 e. The fraction of sp³-hybridized carbons (Fsp3) is 0. The van der Waals surface area contributed by atoms with Crippen LogP contribution in [0.1, 0.15) is 21.9 Å². The Balaban J connectivity index is 2.09. The Labute approximate surface area is 102 Å². The van der Waals surface area contributed by atoms with Crippen molar-refractivity contribution >= 4 is 23.0 Å². The van der Waals surface area contributed by atoms with Crippen LogP contribution in [-0.2, 0) is 4.79 Å². The Morgan fingerprint density at radius 3 is 2.78 bits per heavy atom. The van der Waals surface area contributed by atoms with E-state index in [4.69, 9.17) is 8.83 Å². The van der Waals surface area contributed by atoms with Crippen molar-refractivity contribution in [3.05, 3.63) is 59.7 Å². The molecule has 0 aliphatic rings. The van der Waals surface area contributed by atoms with Crippen LogP contribution in [0, 0.1) is 0 Å². The summed E-state index contributed by atoms with van der Waals surface area (Å²) in [5.41, 5.74) is 0.782. The van der Waals surface area contributed by atoms with Gasteiger partial charge in [0.05, 0.1) is 11.8 Å². The fourth-order valence-electron chi connectivity index (χ4n) is 1.79. The Kier molecular flexibility index (Phi) is 2.34. The van der Waals surface area contributed by atoms with E-state index < -0.39 is 5.78 Å². The number of para-hydroxylation sites is 1. The minimum atomic E-state index is -0.390. The van der Waals surface area contributed by atoms with Gasteiger partial charge in [-0.3, -0.25) is 9.59 Å². The van der Waals surface area contributed by atoms with Crippen molar-refractivity contribution in [3.8, 4) is 0 Å². The van der Waals surface area contributed by atoms with Gasteiger partial charge in [0.1, 0.15) is 5.58 Å². The Hall–Kier alpha value is -2.62. The molecular formula is C14H7O4. The molecule has 0 amide bonds. The lowest BCUT2D eigenvalue weighted by Crippen LogP contribution is -2.00. The Bertz CT molecular complexity index is 700. The summed E-state index contributed by atoms with van der Waals surface area (Å²) in [5, 5.41) is 0.834. The van der Waals surface area contributed by atoms with E-state index in [1.807, 2.05) is 18.2 Å². The number of hydrogen-bond donors (Lipinski definition) is 0. The highest BCUT2D eigenvalue weighted by molar-refractivity contribution is 6.11. The van der Waals surface area contributed by atoms with Crippen molar-refractivity contribution in [3.63, 3.8) is 0 Å². The van der Waals surface area contributed by atoms with Gasteiger partial charge >= 0.3 is 0 Å². The van der Waals surface area contributed by atoms with Crippen LogP contribution in [-0.4, -0.2) is 12.1 Å². The zero-order valence-electron chi connectivity index (χ0n) is 9.17. The molecule has 0 spiro atoms. The monoisotopic (exact) mass is 239 g/mol. The lowest BCUT2D eigenvalue weighted by Gasteiger charge is -1.92. The van der Waals surface area contributed by atoms with Crippen molar-refractivity contribution in [2.24, 2.45) is 0 Å². The van der Waals surface area contributed by atoms with Gasteiger partial charge in [-0.15, -0.1) is 0 Å². The number of furan rings is 2. The molecule has 0 saturated heterocycles. The van der Waals surface area contributed by atoms with Crippen molar-refractivity contribution < 1.29 is 18.4 Å². The van der Waals surface area contributed by atoms with Crippen LogP contribution >= 0.6 is 0 Å². The zero-order chi connectivity index (χ0) is 12.5. The van der Waals surface area contributed by atoms with Gasteiger partial charge in [0.2, 0.25) is 5.78 Å². The first-order valence-corrected chi connectivity index (χ1v) is 5.28. The molecule has 3 rings (SSSR count). The van der Waals surface area contributed by atoms with Crippen molar-refractivity contribution in [1.82, 2.24) is 0 Å². The van der Waals surface area contributed by atoms with Crippen LogP contribution in [0.4, 0.5) is 0 Å². The second kappa shape index (κ2) is 4.00. The number of ketones is 1. The first kappa shape index (κ1) is 10.5. The summed E-state index contributed by atoms with van der Waals surface area (Å²) < 4.78 is 10.3. The molecule has 2 aromatic heterocycles. The average molecular weight is 239 g/mol. The van der Waals surface area contributed by atoms with Gasteiger partial charge in [-0.1, -0.05) is 18.2 Å². The lowest BCUT2D eigenvalue weighted by molar-refractivity contribution is 0.101. The van der Waals surface area contributed by atoms with E-state index in [1.54, 1.807) is 18.4 Å². The predicted molar refractivity (Wildman–Crippen MR) is 63.2 cm³/mol. The number of hydrogen-bond acceptors (Lipinski definition) is 4. The predicted octanol–water partition coefficient (Wildman–Crippen LogP) is 2.71. The fourth-order valence-corrected chi connectivity index (χ4v) is 1.79. The maximum atomic E-state index is 12.1. The first-order valence-electron chi connectivity index (χ1n) is 5.28. The third-order valence-corrected chi connectivity index (χ3v) is 2.65. The van der Waals surface area contributed by atoms with Gasteiger partial charge in [0.15, 0.2) is 11.5 Å². The van der Waals surface area contributed by atoms with Crippen LogP contribution in [0.25, 0.3) is 11.0 Å². The number of rotatable bonds is 3. The van der Waals surface area contributed by atoms with E-state index in [2.05, 4.69) is 0 Å². The average Bonchev–Trinajstić information content (AvgIpc) is 3.03. The smallest absolute Gasteiger partial charge is 0.272 e. The molecule has 1 aromatic carbocycles. The zero-order valence-corrected chi connectivity index (χ0v) is 9.17. The number of carbonyl (C=O) groups is 1. The van der Waals surface area contributed by atoms with Gasteiger partial charge in [-0.25, -0.2) is 0 Å². The van der Waals surface area contributed by atoms with E-state index in [9.17, 15) is 9.59 Å². The highest BCUT2D eigenvalue weighted by Crippen LogP contribution is 2.22. The summed E-state index contributed by atoms with van der Waals surface area (Å²) in [6, 6.07) is 10.4. The summed E-state index contributed by atoms with van der Waals surface area (Å²) in [5.74, 6) is -0.326. The van der Waals surface area contributed by atoms with E-state index in [-0.39, 0.29) is 17.1 Å². The molecule has 87 valence electrons. The minimum Gasteiger partial charge on any atom is -0.460 e. The molecule has 0 bridgehead atoms. The summed E-state index contributed by atoms with van der Waals surface area (Å²) in [4.78, 5) is 22.7. The molecule has 0 aliphatic heterocycles. The molecule has 0 fully saturated rings. The van der Waals surface area contributed by atoms with Gasteiger partial charge in [-0.2, -0.15) is 0 Å². The van der Waals surface area contributed by atoms with Crippen LogP contribution < -0.4 is 0 Å². The minimum absolute atomic E-state index is 0.111. The highest BCUT2D eigenvalue weighted by Gasteiger charge is 2.20. The van der Waals surface area contributed by atoms with E-state index in [0.29, 0.717) is 5.58 Å². The lowest BCUT2D eigenvalue weighted by atomic mass is 10.1. The van der Waals surface area contributed by atoms with Crippen LogP contribution in [0.3, 0.4) is 0 Å². The molecule has 1 radical (unpaired) electrons. The van der Waals surface area contributed by atoms with Gasteiger partial charge < -0.3 is 8.83 Å². The number of fused-ring (bicyclic) bond motifs is 1. The van der Waals surface area contributed by atoms with Gasteiger partial charge in [0.25, 0.3) is 6.29 Å². The standard InChI is InChI=1S/C14H7O4/c15-8-13-10(5-6-17-13)14(16)12-7-9-3-1-2-4-11(9)18-12/h1-7H. The number of carbonyl (C=O) groups excluding carboxylic acids is 2. The molecule has 0 unspecified atom stereocenters. The third kappa shape index (κ3) is 1.55. The summed E-state index contributed by atoms with van der Waals surface area (Å²) in [6.45, 7) is 0. The summed E-state index contributed by atoms with van der Waals surface area (Å²) in [6.07, 6.45) is 2.85. The van der Waals surface area contributed by atoms with Crippen molar-refractivity contribution in [2.75, 3.05) is 0 Å². The molecule has 2 heterocycles. The Morgan fingerprint density at radius 1 is 1.17 bits per heavy atom. The topological polar surface area (TPSA) is 60.4 Å². The second-order valence-electron chi connectivity index (χ2n) is 3.74. The summed E-state index contributed by atoms with van der Waals surface area (Å²) in [7, 11) is 0. The SMILES string of the molecule is O=[C]c1occc1C(=O)c1cc2ccccc2o1. The molecular weight excluding hydrogens is 232 g/mol. The van der Waals surface area contributed by atoms with Crippen LogP contribution in [0.5, 0.6) is 0 Å². The Morgan fingerprint density at radius 2 is 2.00 bits per heavy atom. The van der Waals surface area contributed by atoms with Crippen LogP contribution in [0.15, 0.2) is 51.5 Å². The van der Waals surface area contributed by atoms with Crippen molar-refractivity contribution in [2.45, 2.75) is 0 Å². The highest BCUT2D eigenvalue weighted by atomic mass is 16.3. The first-order chi connectivity index (χ1) is 8.79. The van der Waals surface area contributed by atoms with E-state index >= 15 is 0 Å². The molecule has 0 N–H and O–H groups in total. The maximum Gasteiger partial charge on any atom is 0.272 e. The quantitative estimate of drug-likeness (QED) is 0.659.